The van der Waals surface area contributed by atoms with Gasteiger partial charge in [-0.3, -0.25) is 19.5 Å². The third kappa shape index (κ3) is 5.59. The molecular formula is C28H32N6O2. The van der Waals surface area contributed by atoms with Crippen molar-refractivity contribution in [3.8, 4) is 0 Å². The van der Waals surface area contributed by atoms with Crippen molar-refractivity contribution in [3.63, 3.8) is 0 Å². The first-order valence-corrected chi connectivity index (χ1v) is 12.2. The first kappa shape index (κ1) is 25.0. The molecule has 2 aromatic heterocycles. The Labute approximate surface area is 211 Å². The van der Waals surface area contributed by atoms with Crippen LogP contribution in [0.25, 0.3) is 11.0 Å². The molecule has 4 aromatic rings. The number of rotatable bonds is 9. The summed E-state index contributed by atoms with van der Waals surface area (Å²) in [5.41, 5.74) is 4.74. The lowest BCUT2D eigenvalue weighted by Crippen LogP contribution is -2.46. The minimum Gasteiger partial charge on any atom is -0.354 e. The normalized spacial score (nSPS) is 12.0. The van der Waals surface area contributed by atoms with Crippen molar-refractivity contribution in [2.75, 3.05) is 11.4 Å². The highest BCUT2D eigenvalue weighted by molar-refractivity contribution is 6.02. The lowest BCUT2D eigenvalue weighted by atomic mass is 10.0. The Balaban J connectivity index is 1.78. The third-order valence-electron chi connectivity index (χ3n) is 6.11. The fourth-order valence-corrected chi connectivity index (χ4v) is 4.27. The topological polar surface area (TPSA) is 93.0 Å². The zero-order valence-corrected chi connectivity index (χ0v) is 21.2. The van der Waals surface area contributed by atoms with Gasteiger partial charge in [-0.2, -0.15) is 0 Å². The number of pyridine rings is 1. The van der Waals surface area contributed by atoms with E-state index in [0.29, 0.717) is 29.2 Å². The highest BCUT2D eigenvalue weighted by Crippen LogP contribution is 2.31. The second kappa shape index (κ2) is 11.1. The van der Waals surface area contributed by atoms with Gasteiger partial charge in [0.25, 0.3) is 0 Å². The van der Waals surface area contributed by atoms with E-state index in [-0.39, 0.29) is 18.4 Å². The van der Waals surface area contributed by atoms with Gasteiger partial charge in [-0.25, -0.2) is 4.68 Å². The Kier molecular flexibility index (Phi) is 7.73. The van der Waals surface area contributed by atoms with Crippen LogP contribution in [0.15, 0.2) is 67.0 Å². The molecule has 186 valence electrons. The summed E-state index contributed by atoms with van der Waals surface area (Å²) in [6.45, 7) is 8.63. The molecule has 0 saturated carbocycles. The largest absolute Gasteiger partial charge is 0.354 e. The van der Waals surface area contributed by atoms with Gasteiger partial charge in [0.05, 0.1) is 5.52 Å². The van der Waals surface area contributed by atoms with E-state index in [1.54, 1.807) is 28.0 Å². The molecule has 8 nitrogen and oxygen atoms in total. The number of nitrogens with one attached hydrogen (secondary N) is 1. The van der Waals surface area contributed by atoms with Crippen LogP contribution in [0.2, 0.25) is 0 Å². The van der Waals surface area contributed by atoms with E-state index >= 15 is 0 Å². The summed E-state index contributed by atoms with van der Waals surface area (Å²) < 4.78 is 1.57. The Morgan fingerprint density at radius 3 is 2.58 bits per heavy atom. The van der Waals surface area contributed by atoms with Crippen LogP contribution in [0.4, 0.5) is 5.69 Å². The van der Waals surface area contributed by atoms with E-state index in [4.69, 9.17) is 0 Å². The molecule has 0 aliphatic rings. The Hall–Kier alpha value is -4.07. The molecule has 2 heterocycles. The van der Waals surface area contributed by atoms with Gasteiger partial charge in [0.15, 0.2) is 0 Å². The number of para-hydroxylation sites is 1. The number of hydrogen-bond donors (Lipinski definition) is 1. The van der Waals surface area contributed by atoms with E-state index < -0.39 is 6.04 Å². The standard InChI is InChI=1S/C28H32N6O2/c1-19(2)13-15-30-28(36)27(22-8-7-14-29-17-22)34(24-12-11-20(3)16-21(24)4)26(35)18-33-25-10-6-5-9-23(25)31-32-33/h5-12,14,16-17,19,27H,13,15,18H2,1-4H3,(H,30,36). The molecule has 0 saturated heterocycles. The predicted octanol–water partition coefficient (Wildman–Crippen LogP) is 4.38. The number of carbonyl (C=O) groups is 2. The van der Waals surface area contributed by atoms with E-state index in [2.05, 4.69) is 34.5 Å². The molecule has 0 aliphatic carbocycles. The zero-order valence-electron chi connectivity index (χ0n) is 21.2. The summed E-state index contributed by atoms with van der Waals surface area (Å²) in [4.78, 5) is 33.5. The van der Waals surface area contributed by atoms with E-state index in [9.17, 15) is 9.59 Å². The van der Waals surface area contributed by atoms with Crippen molar-refractivity contribution in [3.05, 3.63) is 83.7 Å². The van der Waals surface area contributed by atoms with Crippen molar-refractivity contribution < 1.29 is 9.59 Å². The van der Waals surface area contributed by atoms with Gasteiger partial charge in [-0.15, -0.1) is 5.10 Å². The number of fused-ring (bicyclic) bond motifs is 1. The molecular weight excluding hydrogens is 452 g/mol. The quantitative estimate of drug-likeness (QED) is 0.381. The minimum absolute atomic E-state index is 0.0656. The van der Waals surface area contributed by atoms with Gasteiger partial charge in [0, 0.05) is 30.2 Å². The van der Waals surface area contributed by atoms with Gasteiger partial charge in [0.1, 0.15) is 18.1 Å². The van der Waals surface area contributed by atoms with Crippen molar-refractivity contribution in [1.82, 2.24) is 25.3 Å². The molecule has 1 N–H and O–H groups in total. The number of carbonyl (C=O) groups excluding carboxylic acids is 2. The van der Waals surface area contributed by atoms with Gasteiger partial charge in [-0.1, -0.05) is 55.0 Å². The number of amides is 2. The van der Waals surface area contributed by atoms with Crippen LogP contribution in [-0.2, 0) is 16.1 Å². The molecule has 2 aromatic carbocycles. The first-order chi connectivity index (χ1) is 17.3. The van der Waals surface area contributed by atoms with Crippen LogP contribution in [0.5, 0.6) is 0 Å². The molecule has 0 aliphatic heterocycles. The molecule has 36 heavy (non-hydrogen) atoms. The average molecular weight is 485 g/mol. The van der Waals surface area contributed by atoms with Crippen molar-refractivity contribution in [2.24, 2.45) is 5.92 Å². The molecule has 0 bridgehead atoms. The number of aryl methyl sites for hydroxylation is 2. The SMILES string of the molecule is Cc1ccc(N(C(=O)Cn2nnc3ccccc32)C(C(=O)NCCC(C)C)c2cccnc2)c(C)c1. The van der Waals surface area contributed by atoms with E-state index in [1.165, 1.54) is 0 Å². The fraction of sp³-hybridized carbons (Fsp3) is 0.321. The zero-order chi connectivity index (χ0) is 25.7. The van der Waals surface area contributed by atoms with Crippen LogP contribution in [0.1, 0.15) is 43.0 Å². The highest BCUT2D eigenvalue weighted by atomic mass is 16.2. The number of benzene rings is 2. The van der Waals surface area contributed by atoms with Crippen molar-refractivity contribution in [2.45, 2.75) is 46.7 Å². The monoisotopic (exact) mass is 484 g/mol. The maximum atomic E-state index is 14.0. The lowest BCUT2D eigenvalue weighted by molar-refractivity contribution is -0.127. The molecule has 1 atom stereocenters. The minimum atomic E-state index is -0.894. The number of aromatic nitrogens is 4. The molecule has 4 rings (SSSR count). The van der Waals surface area contributed by atoms with Crippen LogP contribution in [0.3, 0.4) is 0 Å². The van der Waals surface area contributed by atoms with E-state index in [0.717, 1.165) is 23.1 Å². The second-order valence-corrected chi connectivity index (χ2v) is 9.45. The number of hydrogen-bond acceptors (Lipinski definition) is 5. The summed E-state index contributed by atoms with van der Waals surface area (Å²) in [5.74, 6) is -0.0780. The summed E-state index contributed by atoms with van der Waals surface area (Å²) in [6, 6.07) is 16.1. The van der Waals surface area contributed by atoms with Crippen molar-refractivity contribution >= 4 is 28.5 Å². The summed E-state index contributed by atoms with van der Waals surface area (Å²) in [6.07, 6.45) is 4.14. The van der Waals surface area contributed by atoms with E-state index in [1.807, 2.05) is 62.4 Å². The van der Waals surface area contributed by atoms with Crippen LogP contribution < -0.4 is 10.2 Å². The maximum Gasteiger partial charge on any atom is 0.249 e. The molecule has 0 fully saturated rings. The molecule has 0 spiro atoms. The number of anilines is 1. The van der Waals surface area contributed by atoms with Gasteiger partial charge in [-0.05, 0) is 56.0 Å². The maximum absolute atomic E-state index is 14.0. The lowest BCUT2D eigenvalue weighted by Gasteiger charge is -2.32. The summed E-state index contributed by atoms with van der Waals surface area (Å²) in [5, 5.41) is 11.4. The Morgan fingerprint density at radius 1 is 1.06 bits per heavy atom. The number of nitrogens with zero attached hydrogens (tertiary/aromatic N) is 5. The van der Waals surface area contributed by atoms with Gasteiger partial charge < -0.3 is 5.32 Å². The van der Waals surface area contributed by atoms with Gasteiger partial charge in [0.2, 0.25) is 11.8 Å². The molecule has 2 amide bonds. The average Bonchev–Trinajstić information content (AvgIpc) is 3.26. The predicted molar refractivity (Wildman–Crippen MR) is 140 cm³/mol. The molecule has 8 heteroatoms. The van der Waals surface area contributed by atoms with Crippen LogP contribution in [0, 0.1) is 19.8 Å². The highest BCUT2D eigenvalue weighted by Gasteiger charge is 2.34. The van der Waals surface area contributed by atoms with Crippen LogP contribution >= 0.6 is 0 Å². The Bertz CT molecular complexity index is 1350. The third-order valence-corrected chi connectivity index (χ3v) is 6.11. The Morgan fingerprint density at radius 2 is 1.86 bits per heavy atom. The molecule has 0 radical (unpaired) electrons. The summed E-state index contributed by atoms with van der Waals surface area (Å²) in [7, 11) is 0. The smallest absolute Gasteiger partial charge is 0.249 e. The van der Waals surface area contributed by atoms with Crippen molar-refractivity contribution in [1.29, 1.82) is 0 Å². The molecule has 1 unspecified atom stereocenters. The summed E-state index contributed by atoms with van der Waals surface area (Å²) >= 11 is 0. The fourth-order valence-electron chi connectivity index (χ4n) is 4.27. The first-order valence-electron chi connectivity index (χ1n) is 12.2. The van der Waals surface area contributed by atoms with Crippen LogP contribution in [-0.4, -0.2) is 38.3 Å². The van der Waals surface area contributed by atoms with Gasteiger partial charge >= 0.3 is 0 Å². The second-order valence-electron chi connectivity index (χ2n) is 9.45.